The molecule has 130 valence electrons. The second kappa shape index (κ2) is 5.08. The summed E-state index contributed by atoms with van der Waals surface area (Å²) in [6.45, 7) is 0. The second-order valence-corrected chi connectivity index (χ2v) is 9.10. The number of anilines is 1. The average Bonchev–Trinajstić information content (AvgIpc) is 2.90. The Hall–Kier alpha value is -0.850. The summed E-state index contributed by atoms with van der Waals surface area (Å²) >= 11 is 1.92. The second-order valence-electron chi connectivity index (χ2n) is 6.49. The molecule has 2 saturated carbocycles. The Balaban J connectivity index is 1.78. The molecule has 2 aromatic rings. The van der Waals surface area contributed by atoms with Crippen molar-refractivity contribution in [2.45, 2.75) is 24.7 Å². The van der Waals surface area contributed by atoms with Crippen LogP contribution in [0.2, 0.25) is 0 Å². The highest BCUT2D eigenvalue weighted by Crippen LogP contribution is 2.71. The molecule has 5 atom stereocenters. The standard InChI is InChI=1S/C12H15IN5O5P/c13-11-16-9(14)5-10(17-11)18(3-15-5)6-4-1-12(4,2-24(21,22)23)8(20)7(6)19/h3-4,6-8,19-20H,1-2H2,(H2,14,16,17)(H2,21,22,23)/t4-,6-,7+,8+,12-/m1/s1. The highest BCUT2D eigenvalue weighted by atomic mass is 127. The fourth-order valence-corrected chi connectivity index (χ4v) is 5.87. The van der Waals surface area contributed by atoms with E-state index >= 15 is 0 Å². The van der Waals surface area contributed by atoms with Crippen LogP contribution in [0.5, 0.6) is 0 Å². The van der Waals surface area contributed by atoms with Crippen LogP contribution < -0.4 is 5.73 Å². The van der Waals surface area contributed by atoms with E-state index in [4.69, 9.17) is 5.73 Å². The third-order valence-electron chi connectivity index (χ3n) is 5.10. The molecule has 0 aromatic carbocycles. The summed E-state index contributed by atoms with van der Waals surface area (Å²) in [5, 5.41) is 20.8. The van der Waals surface area contributed by atoms with Crippen molar-refractivity contribution < 1.29 is 24.6 Å². The highest BCUT2D eigenvalue weighted by Gasteiger charge is 2.72. The average molecular weight is 467 g/mol. The van der Waals surface area contributed by atoms with Crippen LogP contribution in [0, 0.1) is 15.2 Å². The third kappa shape index (κ3) is 2.30. The molecule has 4 rings (SSSR count). The molecule has 0 spiro atoms. The summed E-state index contributed by atoms with van der Waals surface area (Å²) in [5.41, 5.74) is 5.70. The summed E-state index contributed by atoms with van der Waals surface area (Å²) in [7, 11) is -4.31. The topological polar surface area (TPSA) is 168 Å². The molecule has 2 fully saturated rings. The van der Waals surface area contributed by atoms with Crippen LogP contribution in [0.4, 0.5) is 5.82 Å². The summed E-state index contributed by atoms with van der Waals surface area (Å²) in [6, 6.07) is -0.568. The minimum Gasteiger partial charge on any atom is -0.390 e. The summed E-state index contributed by atoms with van der Waals surface area (Å²) in [6.07, 6.45) is -0.922. The SMILES string of the molecule is Nc1nc(I)nc2c1ncn2[C@H]1[C@H](O)[C@H](O)[C@@]2(CP(=O)(O)O)C[C@H]12. The number of nitrogens with zero attached hydrogens (tertiary/aromatic N) is 4. The van der Waals surface area contributed by atoms with Crippen molar-refractivity contribution in [3.05, 3.63) is 10.2 Å². The van der Waals surface area contributed by atoms with Gasteiger partial charge in [-0.2, -0.15) is 0 Å². The van der Waals surface area contributed by atoms with Gasteiger partial charge in [-0.15, -0.1) is 0 Å². The van der Waals surface area contributed by atoms with Crippen LogP contribution >= 0.6 is 30.2 Å². The minimum atomic E-state index is -4.31. The first-order valence-corrected chi connectivity index (χ1v) is 10.1. The number of hydrogen-bond donors (Lipinski definition) is 5. The number of aromatic nitrogens is 4. The van der Waals surface area contributed by atoms with Gasteiger partial charge in [0.1, 0.15) is 11.6 Å². The number of aliphatic hydroxyl groups excluding tert-OH is 2. The van der Waals surface area contributed by atoms with Crippen molar-refractivity contribution >= 4 is 47.2 Å². The van der Waals surface area contributed by atoms with Gasteiger partial charge in [-0.25, -0.2) is 15.0 Å². The van der Waals surface area contributed by atoms with Gasteiger partial charge in [0.2, 0.25) is 0 Å². The Labute approximate surface area is 149 Å². The molecule has 0 radical (unpaired) electrons. The van der Waals surface area contributed by atoms with Crippen molar-refractivity contribution in [1.29, 1.82) is 0 Å². The number of halogens is 1. The zero-order valence-corrected chi connectivity index (χ0v) is 15.2. The first kappa shape index (κ1) is 16.6. The lowest BCUT2D eigenvalue weighted by molar-refractivity contribution is -0.0137. The van der Waals surface area contributed by atoms with Gasteiger partial charge in [0.05, 0.1) is 24.6 Å². The van der Waals surface area contributed by atoms with Gasteiger partial charge in [0.25, 0.3) is 0 Å². The van der Waals surface area contributed by atoms with E-state index in [1.54, 1.807) is 4.57 Å². The Kier molecular flexibility index (Phi) is 3.52. The first-order chi connectivity index (χ1) is 11.1. The van der Waals surface area contributed by atoms with Crippen LogP contribution in [0.15, 0.2) is 6.33 Å². The normalized spacial score (nSPS) is 35.4. The van der Waals surface area contributed by atoms with Gasteiger partial charge in [-0.05, 0) is 12.3 Å². The van der Waals surface area contributed by atoms with Gasteiger partial charge >= 0.3 is 7.60 Å². The molecule has 2 aliphatic rings. The number of aliphatic hydroxyl groups is 2. The molecular weight excluding hydrogens is 452 g/mol. The lowest BCUT2D eigenvalue weighted by Crippen LogP contribution is -2.35. The van der Waals surface area contributed by atoms with E-state index < -0.39 is 37.4 Å². The van der Waals surface area contributed by atoms with Crippen LogP contribution in [0.1, 0.15) is 12.5 Å². The quantitative estimate of drug-likeness (QED) is 0.227. The Morgan fingerprint density at radius 3 is 2.79 bits per heavy atom. The highest BCUT2D eigenvalue weighted by molar-refractivity contribution is 14.1. The van der Waals surface area contributed by atoms with E-state index in [2.05, 4.69) is 15.0 Å². The molecule has 2 aromatic heterocycles. The van der Waals surface area contributed by atoms with E-state index in [9.17, 15) is 24.6 Å². The zero-order chi connectivity index (χ0) is 17.4. The van der Waals surface area contributed by atoms with Gasteiger partial charge < -0.3 is 30.3 Å². The first-order valence-electron chi connectivity index (χ1n) is 7.20. The van der Waals surface area contributed by atoms with Crippen molar-refractivity contribution in [1.82, 2.24) is 19.5 Å². The fraction of sp³-hybridized carbons (Fsp3) is 0.583. The third-order valence-corrected chi connectivity index (χ3v) is 6.58. The lowest BCUT2D eigenvalue weighted by atomic mass is 10.0. The van der Waals surface area contributed by atoms with Crippen molar-refractivity contribution in [3.63, 3.8) is 0 Å². The number of nitrogens with two attached hydrogens (primary N) is 1. The number of imidazole rings is 1. The Bertz CT molecular complexity index is 886. The van der Waals surface area contributed by atoms with E-state index in [0.717, 1.165) is 0 Å². The molecule has 2 aliphatic carbocycles. The summed E-state index contributed by atoms with van der Waals surface area (Å²) in [4.78, 5) is 31.1. The van der Waals surface area contributed by atoms with Crippen LogP contribution in [0.25, 0.3) is 11.2 Å². The van der Waals surface area contributed by atoms with Gasteiger partial charge in [0, 0.05) is 28.0 Å². The van der Waals surface area contributed by atoms with Crippen molar-refractivity contribution in [2.75, 3.05) is 11.9 Å². The lowest BCUT2D eigenvalue weighted by Gasteiger charge is -2.24. The monoisotopic (exact) mass is 467 g/mol. The fourth-order valence-electron chi connectivity index (χ4n) is 4.06. The molecule has 24 heavy (non-hydrogen) atoms. The predicted octanol–water partition coefficient (Wildman–Crippen LogP) is -0.526. The maximum absolute atomic E-state index is 11.4. The maximum atomic E-state index is 11.4. The molecule has 6 N–H and O–H groups in total. The Morgan fingerprint density at radius 2 is 2.12 bits per heavy atom. The maximum Gasteiger partial charge on any atom is 0.326 e. The molecule has 12 heteroatoms. The van der Waals surface area contributed by atoms with Crippen LogP contribution in [0.3, 0.4) is 0 Å². The minimum absolute atomic E-state index is 0.216. The molecule has 0 unspecified atom stereocenters. The van der Waals surface area contributed by atoms with E-state index in [0.29, 0.717) is 21.4 Å². The number of fused-ring (bicyclic) bond motifs is 2. The molecular formula is C12H15IN5O5P. The largest absolute Gasteiger partial charge is 0.390 e. The summed E-state index contributed by atoms with van der Waals surface area (Å²) < 4.78 is 13.5. The van der Waals surface area contributed by atoms with Crippen molar-refractivity contribution in [2.24, 2.45) is 11.3 Å². The molecule has 0 saturated heterocycles. The predicted molar refractivity (Wildman–Crippen MR) is 91.0 cm³/mol. The van der Waals surface area contributed by atoms with Crippen molar-refractivity contribution in [3.8, 4) is 0 Å². The molecule has 0 amide bonds. The van der Waals surface area contributed by atoms with Gasteiger partial charge in [-0.3, -0.25) is 4.57 Å². The van der Waals surface area contributed by atoms with E-state index in [-0.39, 0.29) is 11.7 Å². The molecule has 0 bridgehead atoms. The molecule has 10 nitrogen and oxygen atoms in total. The Morgan fingerprint density at radius 1 is 1.42 bits per heavy atom. The number of rotatable bonds is 3. The van der Waals surface area contributed by atoms with Gasteiger partial charge in [0.15, 0.2) is 15.3 Å². The molecule has 0 aliphatic heterocycles. The zero-order valence-electron chi connectivity index (χ0n) is 12.2. The van der Waals surface area contributed by atoms with Crippen LogP contribution in [-0.2, 0) is 4.57 Å². The van der Waals surface area contributed by atoms with E-state index in [1.807, 2.05) is 22.6 Å². The molecule has 2 heterocycles. The van der Waals surface area contributed by atoms with E-state index in [1.165, 1.54) is 6.33 Å². The van der Waals surface area contributed by atoms with Crippen LogP contribution in [-0.4, -0.2) is 57.9 Å². The van der Waals surface area contributed by atoms with Gasteiger partial charge in [-0.1, -0.05) is 0 Å². The smallest absolute Gasteiger partial charge is 0.326 e. The number of hydrogen-bond acceptors (Lipinski definition) is 7. The number of nitrogen functional groups attached to an aromatic ring is 1. The summed E-state index contributed by atoms with van der Waals surface area (Å²) in [5.74, 6) is -0.0464.